The van der Waals surface area contributed by atoms with Gasteiger partial charge in [0, 0.05) is 57.9 Å². The summed E-state index contributed by atoms with van der Waals surface area (Å²) in [7, 11) is 0. The third-order valence-corrected chi connectivity index (χ3v) is 3.69. The number of piperazine rings is 1. The first-order valence-corrected chi connectivity index (χ1v) is 7.03. The van der Waals surface area contributed by atoms with Crippen molar-refractivity contribution in [3.05, 3.63) is 21.6 Å². The van der Waals surface area contributed by atoms with Crippen LogP contribution < -0.4 is 16.2 Å². The topological polar surface area (TPSA) is 98.5 Å². The summed E-state index contributed by atoms with van der Waals surface area (Å²) in [5.74, 6) is 0.626. The standard InChI is InChI=1S/C13H23N5O2/c1-10-11(2-9-19)12(20)16-13(15-10)18-7-5-17(4-3-14)6-8-18/h19H,2-9,14H2,1H3,(H,15,16,20). The first-order chi connectivity index (χ1) is 9.65. The molecule has 1 aromatic heterocycles. The van der Waals surface area contributed by atoms with Crippen LogP contribution in [-0.2, 0) is 6.42 Å². The predicted molar refractivity (Wildman–Crippen MR) is 78.1 cm³/mol. The van der Waals surface area contributed by atoms with Crippen LogP contribution in [0.4, 0.5) is 5.95 Å². The Labute approximate surface area is 118 Å². The molecule has 0 saturated carbocycles. The van der Waals surface area contributed by atoms with Gasteiger partial charge in [0.2, 0.25) is 5.95 Å². The summed E-state index contributed by atoms with van der Waals surface area (Å²) in [4.78, 5) is 23.7. The molecule has 112 valence electrons. The van der Waals surface area contributed by atoms with Crippen molar-refractivity contribution in [2.45, 2.75) is 13.3 Å². The maximum Gasteiger partial charge on any atom is 0.255 e. The minimum Gasteiger partial charge on any atom is -0.396 e. The Kier molecular flexibility index (Phi) is 5.11. The zero-order valence-electron chi connectivity index (χ0n) is 11.9. The molecule has 0 bridgehead atoms. The van der Waals surface area contributed by atoms with Crippen LogP contribution in [0.1, 0.15) is 11.3 Å². The van der Waals surface area contributed by atoms with Crippen molar-refractivity contribution < 1.29 is 5.11 Å². The van der Waals surface area contributed by atoms with E-state index in [0.717, 1.165) is 32.7 Å². The van der Waals surface area contributed by atoms with E-state index in [1.165, 1.54) is 0 Å². The van der Waals surface area contributed by atoms with Gasteiger partial charge in [0.05, 0.1) is 5.69 Å². The molecular weight excluding hydrogens is 258 g/mol. The second kappa shape index (κ2) is 6.83. The molecule has 7 heteroatoms. The van der Waals surface area contributed by atoms with Crippen LogP contribution in [0.2, 0.25) is 0 Å². The third-order valence-electron chi connectivity index (χ3n) is 3.69. The van der Waals surface area contributed by atoms with E-state index in [4.69, 9.17) is 10.8 Å². The number of hydrogen-bond acceptors (Lipinski definition) is 6. The maximum atomic E-state index is 12.0. The molecule has 1 aliphatic rings. The Bertz CT molecular complexity index is 494. The second-order valence-electron chi connectivity index (χ2n) is 5.04. The van der Waals surface area contributed by atoms with Gasteiger partial charge in [0.15, 0.2) is 0 Å². The summed E-state index contributed by atoms with van der Waals surface area (Å²) in [5.41, 5.74) is 6.67. The van der Waals surface area contributed by atoms with Gasteiger partial charge in [-0.05, 0) is 6.92 Å². The van der Waals surface area contributed by atoms with Crippen LogP contribution in [0.25, 0.3) is 0 Å². The molecular formula is C13H23N5O2. The highest BCUT2D eigenvalue weighted by Gasteiger charge is 2.19. The summed E-state index contributed by atoms with van der Waals surface area (Å²) < 4.78 is 0. The van der Waals surface area contributed by atoms with Crippen molar-refractivity contribution in [3.8, 4) is 0 Å². The smallest absolute Gasteiger partial charge is 0.255 e. The number of H-pyrrole nitrogens is 1. The van der Waals surface area contributed by atoms with E-state index in [1.807, 2.05) is 6.92 Å². The van der Waals surface area contributed by atoms with Crippen LogP contribution >= 0.6 is 0 Å². The van der Waals surface area contributed by atoms with Crippen molar-refractivity contribution in [3.63, 3.8) is 0 Å². The first kappa shape index (κ1) is 15.0. The monoisotopic (exact) mass is 281 g/mol. The molecule has 1 fully saturated rings. The van der Waals surface area contributed by atoms with Gasteiger partial charge >= 0.3 is 0 Å². The van der Waals surface area contributed by atoms with Gasteiger partial charge in [-0.2, -0.15) is 0 Å². The van der Waals surface area contributed by atoms with Crippen molar-refractivity contribution in [2.24, 2.45) is 5.73 Å². The first-order valence-electron chi connectivity index (χ1n) is 7.03. The second-order valence-corrected chi connectivity index (χ2v) is 5.04. The molecule has 0 unspecified atom stereocenters. The number of nitrogens with one attached hydrogen (secondary N) is 1. The van der Waals surface area contributed by atoms with Gasteiger partial charge in [0.1, 0.15) is 0 Å². The summed E-state index contributed by atoms with van der Waals surface area (Å²) >= 11 is 0. The Hall–Kier alpha value is -1.44. The van der Waals surface area contributed by atoms with E-state index in [0.29, 0.717) is 30.2 Å². The highest BCUT2D eigenvalue weighted by molar-refractivity contribution is 5.33. The Morgan fingerprint density at radius 2 is 2.05 bits per heavy atom. The molecule has 1 saturated heterocycles. The molecule has 0 aliphatic carbocycles. The minimum atomic E-state index is -0.147. The lowest BCUT2D eigenvalue weighted by atomic mass is 10.2. The fourth-order valence-corrected chi connectivity index (χ4v) is 2.52. The van der Waals surface area contributed by atoms with Crippen LogP contribution in [0.5, 0.6) is 0 Å². The zero-order valence-corrected chi connectivity index (χ0v) is 11.9. The van der Waals surface area contributed by atoms with Gasteiger partial charge in [-0.1, -0.05) is 0 Å². The highest BCUT2D eigenvalue weighted by atomic mass is 16.3. The summed E-state index contributed by atoms with van der Waals surface area (Å²) in [6, 6.07) is 0. The lowest BCUT2D eigenvalue weighted by molar-refractivity contribution is 0.263. The quantitative estimate of drug-likeness (QED) is 0.620. The molecule has 0 spiro atoms. The van der Waals surface area contributed by atoms with Gasteiger partial charge in [-0.3, -0.25) is 14.7 Å². The number of aromatic nitrogens is 2. The number of aromatic amines is 1. The number of aliphatic hydroxyl groups is 1. The summed E-state index contributed by atoms with van der Waals surface area (Å²) in [6.45, 7) is 6.88. The van der Waals surface area contributed by atoms with E-state index < -0.39 is 0 Å². The number of anilines is 1. The van der Waals surface area contributed by atoms with Gasteiger partial charge < -0.3 is 15.7 Å². The molecule has 7 nitrogen and oxygen atoms in total. The number of rotatable bonds is 5. The van der Waals surface area contributed by atoms with E-state index in [2.05, 4.69) is 19.8 Å². The third kappa shape index (κ3) is 3.36. The highest BCUT2D eigenvalue weighted by Crippen LogP contribution is 2.11. The maximum absolute atomic E-state index is 12.0. The van der Waals surface area contributed by atoms with E-state index >= 15 is 0 Å². The van der Waals surface area contributed by atoms with Crippen LogP contribution in [0.3, 0.4) is 0 Å². The number of nitrogens with zero attached hydrogens (tertiary/aromatic N) is 3. The average Bonchev–Trinajstić information content (AvgIpc) is 2.44. The Morgan fingerprint density at radius 1 is 1.35 bits per heavy atom. The zero-order chi connectivity index (χ0) is 14.5. The normalized spacial score (nSPS) is 16.6. The van der Waals surface area contributed by atoms with E-state index in [9.17, 15) is 4.79 Å². The number of aryl methyl sites for hydroxylation is 1. The lowest BCUT2D eigenvalue weighted by Gasteiger charge is -2.34. The summed E-state index contributed by atoms with van der Waals surface area (Å²) in [6.07, 6.45) is 0.346. The van der Waals surface area contributed by atoms with Gasteiger partial charge in [0.25, 0.3) is 5.56 Å². The Morgan fingerprint density at radius 3 is 2.60 bits per heavy atom. The SMILES string of the molecule is Cc1nc(N2CCN(CCN)CC2)[nH]c(=O)c1CCO. The van der Waals surface area contributed by atoms with Gasteiger partial charge in [-0.15, -0.1) is 0 Å². The number of hydrogen-bond donors (Lipinski definition) is 3. The van der Waals surface area contributed by atoms with Crippen LogP contribution in [-0.4, -0.2) is 65.8 Å². The largest absolute Gasteiger partial charge is 0.396 e. The molecule has 0 atom stereocenters. The number of aliphatic hydroxyl groups excluding tert-OH is 1. The molecule has 0 radical (unpaired) electrons. The molecule has 1 aromatic rings. The van der Waals surface area contributed by atoms with Crippen molar-refractivity contribution in [1.82, 2.24) is 14.9 Å². The molecule has 0 amide bonds. The van der Waals surface area contributed by atoms with E-state index in [-0.39, 0.29) is 12.2 Å². The Balaban J connectivity index is 2.09. The van der Waals surface area contributed by atoms with Crippen molar-refractivity contribution in [2.75, 3.05) is 50.8 Å². The molecule has 1 aliphatic heterocycles. The molecule has 20 heavy (non-hydrogen) atoms. The lowest BCUT2D eigenvalue weighted by Crippen LogP contribution is -2.48. The molecule has 2 rings (SSSR count). The fraction of sp³-hybridized carbons (Fsp3) is 0.692. The van der Waals surface area contributed by atoms with Crippen molar-refractivity contribution >= 4 is 5.95 Å². The predicted octanol–water partition coefficient (Wildman–Crippen LogP) is -1.31. The fourth-order valence-electron chi connectivity index (χ4n) is 2.52. The van der Waals surface area contributed by atoms with Gasteiger partial charge in [-0.25, -0.2) is 4.98 Å². The van der Waals surface area contributed by atoms with Crippen LogP contribution in [0, 0.1) is 6.92 Å². The molecule has 4 N–H and O–H groups in total. The minimum absolute atomic E-state index is 0.0390. The molecule has 2 heterocycles. The van der Waals surface area contributed by atoms with Crippen LogP contribution in [0.15, 0.2) is 4.79 Å². The summed E-state index contributed by atoms with van der Waals surface area (Å²) in [5, 5.41) is 8.96. The average molecular weight is 281 g/mol. The number of nitrogens with two attached hydrogens (primary N) is 1. The molecule has 0 aromatic carbocycles. The van der Waals surface area contributed by atoms with Crippen molar-refractivity contribution in [1.29, 1.82) is 0 Å². The van der Waals surface area contributed by atoms with E-state index in [1.54, 1.807) is 0 Å².